The molecule has 1 aliphatic rings. The number of fused-ring (bicyclic) bond motifs is 1. The molecule has 2 nitrogen and oxygen atoms in total. The van der Waals surface area contributed by atoms with E-state index < -0.39 is 5.82 Å². The maximum Gasteiger partial charge on any atom is 0.174 e. The number of ketones is 1. The zero-order valence-electron chi connectivity index (χ0n) is 10.8. The molecule has 0 bridgehead atoms. The van der Waals surface area contributed by atoms with Gasteiger partial charge in [0.2, 0.25) is 0 Å². The Morgan fingerprint density at radius 1 is 1.35 bits per heavy atom. The van der Waals surface area contributed by atoms with Gasteiger partial charge in [0.25, 0.3) is 0 Å². The van der Waals surface area contributed by atoms with E-state index in [1.54, 1.807) is 0 Å². The molecule has 0 saturated heterocycles. The van der Waals surface area contributed by atoms with Crippen LogP contribution in [0, 0.1) is 5.82 Å². The summed E-state index contributed by atoms with van der Waals surface area (Å²) in [5.74, 6) is -0.341. The summed E-state index contributed by atoms with van der Waals surface area (Å²) in [4.78, 5) is 12.6. The zero-order chi connectivity index (χ0) is 14.3. The van der Waals surface area contributed by atoms with Gasteiger partial charge in [-0.05, 0) is 39.5 Å². The van der Waals surface area contributed by atoms with Gasteiger partial charge in [0.1, 0.15) is 11.6 Å². The molecule has 0 saturated carbocycles. The second-order valence-corrected chi connectivity index (χ2v) is 5.64. The van der Waals surface area contributed by atoms with Crippen molar-refractivity contribution < 1.29 is 13.9 Å². The van der Waals surface area contributed by atoms with Crippen molar-refractivity contribution in [1.29, 1.82) is 0 Å². The standard InChI is InChI=1S/C16H12BrFO2/c1-20-15-8-14(18)13(17)7-12(15)16(19)11-6-9-4-2-3-5-10(9)11/h2-5,7-8,11H,6H2,1H3. The zero-order valence-corrected chi connectivity index (χ0v) is 12.4. The number of carbonyl (C=O) groups is 1. The van der Waals surface area contributed by atoms with Gasteiger partial charge in [0.15, 0.2) is 5.78 Å². The van der Waals surface area contributed by atoms with Gasteiger partial charge in [0.05, 0.1) is 23.1 Å². The molecule has 0 aliphatic heterocycles. The van der Waals surface area contributed by atoms with Crippen LogP contribution < -0.4 is 4.74 Å². The highest BCUT2D eigenvalue weighted by atomic mass is 79.9. The topological polar surface area (TPSA) is 26.3 Å². The van der Waals surface area contributed by atoms with Crippen molar-refractivity contribution in [3.05, 3.63) is 63.4 Å². The Labute approximate surface area is 124 Å². The first-order valence-corrected chi connectivity index (χ1v) is 7.06. The van der Waals surface area contributed by atoms with Crippen molar-refractivity contribution >= 4 is 21.7 Å². The summed E-state index contributed by atoms with van der Waals surface area (Å²) < 4.78 is 18.9. The molecule has 0 amide bonds. The van der Waals surface area contributed by atoms with Crippen molar-refractivity contribution in [2.24, 2.45) is 0 Å². The normalized spacial score (nSPS) is 16.2. The molecule has 0 aromatic heterocycles. The molecule has 0 fully saturated rings. The van der Waals surface area contributed by atoms with Crippen molar-refractivity contribution in [3.8, 4) is 5.75 Å². The molecule has 3 rings (SSSR count). The summed E-state index contributed by atoms with van der Waals surface area (Å²) in [5.41, 5.74) is 2.67. The molecular formula is C16H12BrFO2. The van der Waals surface area contributed by atoms with E-state index in [0.29, 0.717) is 5.56 Å². The van der Waals surface area contributed by atoms with E-state index in [0.717, 1.165) is 12.0 Å². The molecule has 2 aromatic carbocycles. The number of hydrogen-bond acceptors (Lipinski definition) is 2. The number of ether oxygens (including phenoxy) is 1. The highest BCUT2D eigenvalue weighted by molar-refractivity contribution is 9.10. The molecule has 1 aliphatic carbocycles. The SMILES string of the molecule is COc1cc(F)c(Br)cc1C(=O)C1Cc2ccccc21. The first-order chi connectivity index (χ1) is 9.61. The average Bonchev–Trinajstić information content (AvgIpc) is 2.42. The van der Waals surface area contributed by atoms with Crippen LogP contribution >= 0.6 is 15.9 Å². The minimum atomic E-state index is -0.438. The number of hydrogen-bond donors (Lipinski definition) is 0. The molecule has 1 atom stereocenters. The highest BCUT2D eigenvalue weighted by Crippen LogP contribution is 2.39. The average molecular weight is 335 g/mol. The van der Waals surface area contributed by atoms with E-state index in [-0.39, 0.29) is 21.9 Å². The molecular weight excluding hydrogens is 323 g/mol. The Morgan fingerprint density at radius 2 is 2.10 bits per heavy atom. The van der Waals surface area contributed by atoms with Crippen molar-refractivity contribution in [2.45, 2.75) is 12.3 Å². The van der Waals surface area contributed by atoms with Gasteiger partial charge >= 0.3 is 0 Å². The molecule has 0 radical (unpaired) electrons. The summed E-state index contributed by atoms with van der Waals surface area (Å²) in [6.07, 6.45) is 0.729. The van der Waals surface area contributed by atoms with E-state index in [1.165, 1.54) is 24.8 Å². The van der Waals surface area contributed by atoms with E-state index in [4.69, 9.17) is 4.74 Å². The predicted molar refractivity (Wildman–Crippen MR) is 77.9 cm³/mol. The first-order valence-electron chi connectivity index (χ1n) is 6.27. The fraction of sp³-hybridized carbons (Fsp3) is 0.188. The second-order valence-electron chi connectivity index (χ2n) is 4.79. The fourth-order valence-electron chi connectivity index (χ4n) is 2.57. The molecule has 4 heteroatoms. The van der Waals surface area contributed by atoms with Crippen LogP contribution in [-0.4, -0.2) is 12.9 Å². The smallest absolute Gasteiger partial charge is 0.174 e. The molecule has 2 aromatic rings. The number of benzene rings is 2. The Kier molecular flexibility index (Phi) is 3.34. The lowest BCUT2D eigenvalue weighted by atomic mass is 9.73. The lowest BCUT2D eigenvalue weighted by Crippen LogP contribution is -2.25. The lowest BCUT2D eigenvalue weighted by molar-refractivity contribution is 0.0946. The largest absolute Gasteiger partial charge is 0.496 e. The Bertz CT molecular complexity index is 697. The predicted octanol–water partition coefficient (Wildman–Crippen LogP) is 4.12. The van der Waals surface area contributed by atoms with Crippen molar-refractivity contribution in [1.82, 2.24) is 0 Å². The number of halogens is 2. The summed E-state index contributed by atoms with van der Waals surface area (Å²) in [6.45, 7) is 0. The maximum atomic E-state index is 13.5. The molecule has 102 valence electrons. The van der Waals surface area contributed by atoms with Crippen LogP contribution in [0.4, 0.5) is 4.39 Å². The third-order valence-electron chi connectivity index (χ3n) is 3.68. The molecule has 1 unspecified atom stereocenters. The minimum absolute atomic E-state index is 0.0266. The molecule has 20 heavy (non-hydrogen) atoms. The third kappa shape index (κ3) is 2.04. The quantitative estimate of drug-likeness (QED) is 0.789. The van der Waals surface area contributed by atoms with Crippen LogP contribution in [-0.2, 0) is 6.42 Å². The van der Waals surface area contributed by atoms with Crippen LogP contribution in [0.2, 0.25) is 0 Å². The first kappa shape index (κ1) is 13.3. The van der Waals surface area contributed by atoms with Gasteiger partial charge in [-0.2, -0.15) is 0 Å². The molecule has 0 heterocycles. The third-order valence-corrected chi connectivity index (χ3v) is 4.29. The van der Waals surface area contributed by atoms with Crippen LogP contribution in [0.25, 0.3) is 0 Å². The van der Waals surface area contributed by atoms with Gasteiger partial charge in [-0.25, -0.2) is 4.39 Å². The van der Waals surface area contributed by atoms with Gasteiger partial charge in [-0.15, -0.1) is 0 Å². The number of Topliss-reactive ketones (excluding diaryl/α,β-unsaturated/α-hetero) is 1. The highest BCUT2D eigenvalue weighted by Gasteiger charge is 2.33. The Hall–Kier alpha value is -1.68. The monoisotopic (exact) mass is 334 g/mol. The van der Waals surface area contributed by atoms with E-state index in [1.807, 2.05) is 24.3 Å². The summed E-state index contributed by atoms with van der Waals surface area (Å²) in [5, 5.41) is 0. The lowest BCUT2D eigenvalue weighted by Gasteiger charge is -2.29. The second kappa shape index (κ2) is 5.02. The van der Waals surface area contributed by atoms with Crippen molar-refractivity contribution in [3.63, 3.8) is 0 Å². The van der Waals surface area contributed by atoms with Crippen LogP contribution in [0.1, 0.15) is 27.4 Å². The van der Waals surface area contributed by atoms with E-state index >= 15 is 0 Å². The van der Waals surface area contributed by atoms with Gasteiger partial charge in [-0.1, -0.05) is 24.3 Å². The van der Waals surface area contributed by atoms with Gasteiger partial charge < -0.3 is 4.74 Å². The number of carbonyl (C=O) groups excluding carboxylic acids is 1. The van der Waals surface area contributed by atoms with Gasteiger partial charge in [-0.3, -0.25) is 4.79 Å². The number of rotatable bonds is 3. The number of methoxy groups -OCH3 is 1. The fourth-order valence-corrected chi connectivity index (χ4v) is 2.91. The summed E-state index contributed by atoms with van der Waals surface area (Å²) in [7, 11) is 1.44. The van der Waals surface area contributed by atoms with Gasteiger partial charge in [0, 0.05) is 6.07 Å². The summed E-state index contributed by atoms with van der Waals surface area (Å²) >= 11 is 3.12. The molecule has 0 spiro atoms. The van der Waals surface area contributed by atoms with Crippen LogP contribution in [0.3, 0.4) is 0 Å². The maximum absolute atomic E-state index is 13.5. The molecule has 0 N–H and O–H groups in total. The minimum Gasteiger partial charge on any atom is -0.496 e. The van der Waals surface area contributed by atoms with E-state index in [2.05, 4.69) is 15.9 Å². The van der Waals surface area contributed by atoms with Crippen LogP contribution in [0.5, 0.6) is 5.75 Å². The summed E-state index contributed by atoms with van der Waals surface area (Å²) in [6, 6.07) is 10.6. The van der Waals surface area contributed by atoms with E-state index in [9.17, 15) is 9.18 Å². The Morgan fingerprint density at radius 3 is 2.80 bits per heavy atom. The van der Waals surface area contributed by atoms with Crippen molar-refractivity contribution in [2.75, 3.05) is 7.11 Å². The Balaban J connectivity index is 1.99. The van der Waals surface area contributed by atoms with Crippen LogP contribution in [0.15, 0.2) is 40.9 Å².